The van der Waals surface area contributed by atoms with Gasteiger partial charge in [0, 0.05) is 35.9 Å². The molecule has 45 heavy (non-hydrogen) atoms. The molecular formula is C36H44N6O3. The number of hydrogen-bond acceptors (Lipinski definition) is 4. The number of hydrogen-bond donors (Lipinski definition) is 3. The highest BCUT2D eigenvalue weighted by Gasteiger charge is 2.25. The van der Waals surface area contributed by atoms with Crippen LogP contribution in [0.2, 0.25) is 0 Å². The van der Waals surface area contributed by atoms with E-state index < -0.39 is 0 Å². The molecular weight excluding hydrogens is 564 g/mol. The standard InChI is InChI=1S/C36H44N6O3/c1-24-11-13-28(14-12-24)42-33(23-32(40-42)36(3,4)5)39-34(43)37-31-10-8-7-9-27(31)22-26-17-19-41(20-18-26)35(44)38-30-16-15-29(45-6)21-25(30)2/h7-16,21,23,26H,17-20,22H2,1-6H3,(H,38,44)(H2,37,39,43). The lowest BCUT2D eigenvalue weighted by Crippen LogP contribution is -2.41. The molecule has 1 fully saturated rings. The van der Waals surface area contributed by atoms with Crippen molar-refractivity contribution in [1.29, 1.82) is 0 Å². The van der Waals surface area contributed by atoms with Gasteiger partial charge in [-0.15, -0.1) is 0 Å². The predicted octanol–water partition coefficient (Wildman–Crippen LogP) is 7.93. The first-order valence-electron chi connectivity index (χ1n) is 15.5. The highest BCUT2D eigenvalue weighted by molar-refractivity contribution is 6.00. The first-order chi connectivity index (χ1) is 21.5. The fourth-order valence-electron chi connectivity index (χ4n) is 5.56. The lowest BCUT2D eigenvalue weighted by atomic mass is 9.89. The van der Waals surface area contributed by atoms with Crippen LogP contribution in [0.4, 0.5) is 26.8 Å². The Kier molecular flexibility index (Phi) is 9.46. The molecule has 3 aromatic carbocycles. The van der Waals surface area contributed by atoms with Gasteiger partial charge >= 0.3 is 12.1 Å². The fourth-order valence-corrected chi connectivity index (χ4v) is 5.56. The largest absolute Gasteiger partial charge is 0.497 e. The zero-order valence-electron chi connectivity index (χ0n) is 27.1. The zero-order chi connectivity index (χ0) is 32.1. The second kappa shape index (κ2) is 13.5. The van der Waals surface area contributed by atoms with Crippen molar-refractivity contribution in [2.45, 2.75) is 59.3 Å². The first kappa shape index (κ1) is 31.6. The predicted molar refractivity (Wildman–Crippen MR) is 181 cm³/mol. The second-order valence-corrected chi connectivity index (χ2v) is 12.9. The van der Waals surface area contributed by atoms with Crippen LogP contribution in [0.1, 0.15) is 56.0 Å². The summed E-state index contributed by atoms with van der Waals surface area (Å²) in [6, 6.07) is 23.2. The molecule has 4 amide bonds. The molecule has 1 aliphatic heterocycles. The number of aryl methyl sites for hydroxylation is 2. The monoisotopic (exact) mass is 608 g/mol. The Morgan fingerprint density at radius 3 is 2.27 bits per heavy atom. The lowest BCUT2D eigenvalue weighted by molar-refractivity contribution is 0.182. The third-order valence-corrected chi connectivity index (χ3v) is 8.35. The van der Waals surface area contributed by atoms with E-state index in [-0.39, 0.29) is 17.5 Å². The van der Waals surface area contributed by atoms with E-state index in [4.69, 9.17) is 9.84 Å². The molecule has 2 heterocycles. The molecule has 9 nitrogen and oxygen atoms in total. The van der Waals surface area contributed by atoms with Crippen LogP contribution in [-0.4, -0.2) is 46.9 Å². The average molecular weight is 609 g/mol. The molecule has 5 rings (SSSR count). The molecule has 0 aliphatic carbocycles. The third-order valence-electron chi connectivity index (χ3n) is 8.35. The quantitative estimate of drug-likeness (QED) is 0.198. The number of nitrogens with zero attached hydrogens (tertiary/aromatic N) is 3. The fraction of sp³-hybridized carbons (Fsp3) is 0.361. The molecule has 0 atom stereocenters. The number of anilines is 3. The number of amides is 4. The van der Waals surface area contributed by atoms with Gasteiger partial charge in [0.2, 0.25) is 0 Å². The SMILES string of the molecule is COc1ccc(NC(=O)N2CCC(Cc3ccccc3NC(=O)Nc3cc(C(C)(C)C)nn3-c3ccc(C)cc3)CC2)c(C)c1. The number of aromatic nitrogens is 2. The molecule has 1 saturated heterocycles. The van der Waals surface area contributed by atoms with E-state index in [2.05, 4.69) is 42.8 Å². The molecule has 0 bridgehead atoms. The molecule has 1 aliphatic rings. The van der Waals surface area contributed by atoms with Crippen molar-refractivity contribution in [2.75, 3.05) is 36.1 Å². The van der Waals surface area contributed by atoms with Crippen LogP contribution in [-0.2, 0) is 11.8 Å². The van der Waals surface area contributed by atoms with Crippen LogP contribution >= 0.6 is 0 Å². The van der Waals surface area contributed by atoms with E-state index >= 15 is 0 Å². The minimum absolute atomic E-state index is 0.0834. The second-order valence-electron chi connectivity index (χ2n) is 12.9. The summed E-state index contributed by atoms with van der Waals surface area (Å²) in [5.41, 5.74) is 6.35. The van der Waals surface area contributed by atoms with Crippen molar-refractivity contribution in [2.24, 2.45) is 5.92 Å². The Bertz CT molecular complexity index is 1650. The maximum Gasteiger partial charge on any atom is 0.324 e. The minimum atomic E-state index is -0.323. The van der Waals surface area contributed by atoms with Crippen molar-refractivity contribution in [3.8, 4) is 11.4 Å². The van der Waals surface area contributed by atoms with E-state index in [9.17, 15) is 9.59 Å². The Morgan fingerprint density at radius 1 is 0.889 bits per heavy atom. The maximum absolute atomic E-state index is 13.3. The van der Waals surface area contributed by atoms with Crippen LogP contribution in [0.25, 0.3) is 5.69 Å². The van der Waals surface area contributed by atoms with Gasteiger partial charge in [0.15, 0.2) is 0 Å². The summed E-state index contributed by atoms with van der Waals surface area (Å²) in [4.78, 5) is 28.2. The summed E-state index contributed by atoms with van der Waals surface area (Å²) in [6.07, 6.45) is 2.60. The van der Waals surface area contributed by atoms with E-state index in [1.54, 1.807) is 11.8 Å². The number of nitrogens with one attached hydrogen (secondary N) is 3. The van der Waals surface area contributed by atoms with Crippen molar-refractivity contribution >= 4 is 29.3 Å². The highest BCUT2D eigenvalue weighted by Crippen LogP contribution is 2.29. The van der Waals surface area contributed by atoms with Gasteiger partial charge in [-0.3, -0.25) is 5.32 Å². The molecule has 0 unspecified atom stereocenters. The Labute approximate surface area is 266 Å². The van der Waals surface area contributed by atoms with Crippen LogP contribution in [0.15, 0.2) is 72.8 Å². The smallest absolute Gasteiger partial charge is 0.324 e. The summed E-state index contributed by atoms with van der Waals surface area (Å²) in [6.45, 7) is 11.7. The van der Waals surface area contributed by atoms with Gasteiger partial charge < -0.3 is 20.3 Å². The van der Waals surface area contributed by atoms with Crippen molar-refractivity contribution in [1.82, 2.24) is 14.7 Å². The molecule has 0 saturated carbocycles. The molecule has 0 radical (unpaired) electrons. The number of methoxy groups -OCH3 is 1. The van der Waals surface area contributed by atoms with Gasteiger partial charge in [-0.1, -0.05) is 56.7 Å². The van der Waals surface area contributed by atoms with Crippen LogP contribution in [0, 0.1) is 19.8 Å². The van der Waals surface area contributed by atoms with Gasteiger partial charge in [0.05, 0.1) is 18.5 Å². The van der Waals surface area contributed by atoms with Gasteiger partial charge in [-0.05, 0) is 86.6 Å². The minimum Gasteiger partial charge on any atom is -0.497 e. The number of likely N-dealkylation sites (tertiary alicyclic amines) is 1. The number of urea groups is 2. The Morgan fingerprint density at radius 2 is 1.60 bits per heavy atom. The number of piperidine rings is 1. The lowest BCUT2D eigenvalue weighted by Gasteiger charge is -2.32. The molecule has 4 aromatic rings. The zero-order valence-corrected chi connectivity index (χ0v) is 27.1. The third kappa shape index (κ3) is 7.84. The summed E-state index contributed by atoms with van der Waals surface area (Å²) in [5, 5.41) is 14.0. The van der Waals surface area contributed by atoms with Crippen molar-refractivity contribution < 1.29 is 14.3 Å². The number of carbonyl (C=O) groups is 2. The number of rotatable bonds is 7. The number of ether oxygens (including phenoxy) is 1. The number of carbonyl (C=O) groups excluding carboxylic acids is 2. The van der Waals surface area contributed by atoms with Crippen LogP contribution in [0.5, 0.6) is 5.75 Å². The van der Waals surface area contributed by atoms with Gasteiger partial charge in [-0.25, -0.2) is 14.3 Å². The summed E-state index contributed by atoms with van der Waals surface area (Å²) in [5.74, 6) is 1.77. The van der Waals surface area contributed by atoms with Crippen LogP contribution in [0.3, 0.4) is 0 Å². The van der Waals surface area contributed by atoms with E-state index in [0.29, 0.717) is 24.8 Å². The summed E-state index contributed by atoms with van der Waals surface area (Å²) in [7, 11) is 1.63. The molecule has 9 heteroatoms. The normalized spacial score (nSPS) is 13.8. The van der Waals surface area contributed by atoms with Gasteiger partial charge in [-0.2, -0.15) is 5.10 Å². The number of benzene rings is 3. The highest BCUT2D eigenvalue weighted by atomic mass is 16.5. The molecule has 236 valence electrons. The number of para-hydroxylation sites is 1. The molecule has 1 aromatic heterocycles. The Balaban J connectivity index is 1.20. The van der Waals surface area contributed by atoms with E-state index in [0.717, 1.165) is 64.5 Å². The van der Waals surface area contributed by atoms with E-state index in [1.807, 2.05) is 85.5 Å². The maximum atomic E-state index is 13.3. The Hall–Kier alpha value is -4.79. The topological polar surface area (TPSA) is 101 Å². The molecule has 0 spiro atoms. The van der Waals surface area contributed by atoms with E-state index in [1.165, 1.54) is 0 Å². The summed E-state index contributed by atoms with van der Waals surface area (Å²) >= 11 is 0. The van der Waals surface area contributed by atoms with Gasteiger partial charge in [0.25, 0.3) is 0 Å². The average Bonchev–Trinajstić information content (AvgIpc) is 3.44. The first-order valence-corrected chi connectivity index (χ1v) is 15.5. The van der Waals surface area contributed by atoms with Crippen LogP contribution < -0.4 is 20.7 Å². The van der Waals surface area contributed by atoms with Crippen molar-refractivity contribution in [3.63, 3.8) is 0 Å². The molecule has 3 N–H and O–H groups in total. The van der Waals surface area contributed by atoms with Crippen molar-refractivity contribution in [3.05, 3.63) is 95.2 Å². The van der Waals surface area contributed by atoms with Gasteiger partial charge in [0.1, 0.15) is 11.6 Å². The summed E-state index contributed by atoms with van der Waals surface area (Å²) < 4.78 is 7.05.